The molecular formula is C10H17NO5. The lowest BCUT2D eigenvalue weighted by atomic mass is 10.2. The van der Waals surface area contributed by atoms with Crippen molar-refractivity contribution < 1.29 is 23.9 Å². The van der Waals surface area contributed by atoms with Gasteiger partial charge in [0, 0.05) is 27.2 Å². The van der Waals surface area contributed by atoms with Crippen LogP contribution in [0.15, 0.2) is 0 Å². The number of nitrogens with one attached hydrogen (secondary N) is 1. The Morgan fingerprint density at radius 3 is 2.06 bits per heavy atom. The molecule has 0 aliphatic carbocycles. The molecule has 0 saturated heterocycles. The van der Waals surface area contributed by atoms with E-state index in [4.69, 9.17) is 9.47 Å². The van der Waals surface area contributed by atoms with E-state index in [-0.39, 0.29) is 31.1 Å². The van der Waals surface area contributed by atoms with E-state index >= 15 is 0 Å². The Morgan fingerprint density at radius 1 is 1.06 bits per heavy atom. The molecule has 0 spiro atoms. The van der Waals surface area contributed by atoms with Crippen molar-refractivity contribution >= 4 is 17.8 Å². The van der Waals surface area contributed by atoms with Gasteiger partial charge in [0.05, 0.1) is 12.6 Å². The molecule has 6 nitrogen and oxygen atoms in total. The normalized spacial score (nSPS) is 11.4. The van der Waals surface area contributed by atoms with Gasteiger partial charge in [-0.1, -0.05) is 0 Å². The van der Waals surface area contributed by atoms with E-state index in [0.717, 1.165) is 0 Å². The van der Waals surface area contributed by atoms with Gasteiger partial charge in [-0.2, -0.15) is 0 Å². The second kappa shape index (κ2) is 7.67. The molecule has 0 unspecified atom stereocenters. The topological polar surface area (TPSA) is 81.7 Å². The molecule has 0 heterocycles. The molecule has 1 amide bonds. The molecule has 92 valence electrons. The van der Waals surface area contributed by atoms with E-state index in [1.54, 1.807) is 0 Å². The maximum absolute atomic E-state index is 10.8. The maximum Gasteiger partial charge on any atom is 0.302 e. The quantitative estimate of drug-likeness (QED) is 0.651. The van der Waals surface area contributed by atoms with Crippen molar-refractivity contribution in [1.82, 2.24) is 5.32 Å². The monoisotopic (exact) mass is 231 g/mol. The zero-order valence-corrected chi connectivity index (χ0v) is 9.74. The minimum Gasteiger partial charge on any atom is -0.466 e. The first-order valence-corrected chi connectivity index (χ1v) is 4.95. The molecule has 0 aliphatic heterocycles. The SMILES string of the molecule is CC(=O)N[C@H](CCOC(C)=O)COC(C)=O. The second-order valence-corrected chi connectivity index (χ2v) is 3.33. The van der Waals surface area contributed by atoms with E-state index in [1.807, 2.05) is 0 Å². The molecule has 0 aliphatic rings. The van der Waals surface area contributed by atoms with Crippen molar-refractivity contribution in [1.29, 1.82) is 0 Å². The van der Waals surface area contributed by atoms with Gasteiger partial charge in [-0.25, -0.2) is 0 Å². The Hall–Kier alpha value is -1.59. The fourth-order valence-electron chi connectivity index (χ4n) is 1.05. The minimum absolute atomic E-state index is 0.0795. The van der Waals surface area contributed by atoms with Gasteiger partial charge in [-0.05, 0) is 0 Å². The summed E-state index contributed by atoms with van der Waals surface area (Å²) in [4.78, 5) is 32.0. The number of rotatable bonds is 6. The van der Waals surface area contributed by atoms with Crippen LogP contribution in [-0.2, 0) is 23.9 Å². The summed E-state index contributed by atoms with van der Waals surface area (Å²) in [5.74, 6) is -1.02. The number of carbonyl (C=O) groups is 3. The van der Waals surface area contributed by atoms with E-state index < -0.39 is 5.97 Å². The number of ether oxygens (including phenoxy) is 2. The Morgan fingerprint density at radius 2 is 1.62 bits per heavy atom. The van der Waals surface area contributed by atoms with Crippen LogP contribution in [0.4, 0.5) is 0 Å². The highest BCUT2D eigenvalue weighted by molar-refractivity contribution is 5.73. The number of carbonyl (C=O) groups excluding carboxylic acids is 3. The van der Waals surface area contributed by atoms with Crippen LogP contribution in [0.25, 0.3) is 0 Å². The highest BCUT2D eigenvalue weighted by atomic mass is 16.5. The van der Waals surface area contributed by atoms with Gasteiger partial charge in [0.1, 0.15) is 6.61 Å². The summed E-state index contributed by atoms with van der Waals surface area (Å²) in [5.41, 5.74) is 0. The lowest BCUT2D eigenvalue weighted by molar-refractivity contribution is -0.144. The summed E-state index contributed by atoms with van der Waals surface area (Å²) >= 11 is 0. The van der Waals surface area contributed by atoms with Gasteiger partial charge in [-0.3, -0.25) is 14.4 Å². The minimum atomic E-state index is -0.414. The number of hydrogen-bond acceptors (Lipinski definition) is 5. The number of hydrogen-bond donors (Lipinski definition) is 1. The summed E-state index contributed by atoms with van der Waals surface area (Å²) < 4.78 is 9.50. The molecule has 0 bridgehead atoms. The van der Waals surface area contributed by atoms with E-state index in [9.17, 15) is 14.4 Å². The highest BCUT2D eigenvalue weighted by Crippen LogP contribution is 1.96. The number of esters is 2. The van der Waals surface area contributed by atoms with Crippen LogP contribution in [0.3, 0.4) is 0 Å². The van der Waals surface area contributed by atoms with Crippen LogP contribution >= 0.6 is 0 Å². The molecule has 0 radical (unpaired) electrons. The first-order valence-electron chi connectivity index (χ1n) is 4.95. The fraction of sp³-hybridized carbons (Fsp3) is 0.700. The van der Waals surface area contributed by atoms with Crippen LogP contribution < -0.4 is 5.32 Å². The summed E-state index contributed by atoms with van der Waals surface area (Å²) in [6.07, 6.45) is 0.409. The van der Waals surface area contributed by atoms with Gasteiger partial charge in [0.25, 0.3) is 0 Å². The van der Waals surface area contributed by atoms with Crippen molar-refractivity contribution in [3.8, 4) is 0 Å². The molecular weight excluding hydrogens is 214 g/mol. The largest absolute Gasteiger partial charge is 0.466 e. The molecule has 0 saturated carbocycles. The van der Waals surface area contributed by atoms with Gasteiger partial charge < -0.3 is 14.8 Å². The average Bonchev–Trinajstić information content (AvgIpc) is 2.12. The summed E-state index contributed by atoms with van der Waals surface area (Å²) in [6.45, 7) is 4.22. The first-order chi connectivity index (χ1) is 7.41. The maximum atomic E-state index is 10.8. The molecule has 0 aromatic heterocycles. The Labute approximate surface area is 94.3 Å². The fourth-order valence-corrected chi connectivity index (χ4v) is 1.05. The lowest BCUT2D eigenvalue weighted by Crippen LogP contribution is -2.38. The smallest absolute Gasteiger partial charge is 0.302 e. The predicted molar refractivity (Wildman–Crippen MR) is 55.5 cm³/mol. The summed E-state index contributed by atoms with van der Waals surface area (Å²) in [7, 11) is 0. The molecule has 1 atom stereocenters. The summed E-state index contributed by atoms with van der Waals surface area (Å²) in [5, 5.41) is 2.60. The molecule has 0 aromatic rings. The Balaban J connectivity index is 3.94. The zero-order valence-electron chi connectivity index (χ0n) is 9.74. The summed E-state index contributed by atoms with van der Waals surface area (Å²) in [6, 6.07) is -0.333. The second-order valence-electron chi connectivity index (χ2n) is 3.33. The van der Waals surface area contributed by atoms with Crippen LogP contribution in [0.2, 0.25) is 0 Å². The van der Waals surface area contributed by atoms with Crippen molar-refractivity contribution in [3.63, 3.8) is 0 Å². The molecule has 6 heteroatoms. The molecule has 0 fully saturated rings. The van der Waals surface area contributed by atoms with Crippen molar-refractivity contribution in [2.24, 2.45) is 0 Å². The zero-order chi connectivity index (χ0) is 12.6. The molecule has 0 aromatic carbocycles. The van der Waals surface area contributed by atoms with Crippen molar-refractivity contribution in [2.45, 2.75) is 33.2 Å². The standard InChI is InChI=1S/C10H17NO5/c1-7(12)11-10(6-16-9(3)14)4-5-15-8(2)13/h10H,4-6H2,1-3H3,(H,11,12)/t10-/m1/s1. The number of amides is 1. The van der Waals surface area contributed by atoms with Gasteiger partial charge in [-0.15, -0.1) is 0 Å². The third-order valence-electron chi connectivity index (χ3n) is 1.67. The Kier molecular flexibility index (Phi) is 6.91. The molecule has 0 rings (SSSR count). The Bertz CT molecular complexity index is 264. The predicted octanol–water partition coefficient (Wildman–Crippen LogP) is 0.00740. The van der Waals surface area contributed by atoms with E-state index in [1.165, 1.54) is 20.8 Å². The van der Waals surface area contributed by atoms with Crippen LogP contribution in [-0.4, -0.2) is 37.1 Å². The third-order valence-corrected chi connectivity index (χ3v) is 1.67. The van der Waals surface area contributed by atoms with Gasteiger partial charge >= 0.3 is 11.9 Å². The van der Waals surface area contributed by atoms with Crippen LogP contribution in [0, 0.1) is 0 Å². The molecule has 16 heavy (non-hydrogen) atoms. The lowest BCUT2D eigenvalue weighted by Gasteiger charge is -2.17. The van der Waals surface area contributed by atoms with E-state index in [0.29, 0.717) is 6.42 Å². The van der Waals surface area contributed by atoms with Crippen molar-refractivity contribution in [3.05, 3.63) is 0 Å². The third kappa shape index (κ3) is 8.98. The highest BCUT2D eigenvalue weighted by Gasteiger charge is 2.12. The molecule has 1 N–H and O–H groups in total. The average molecular weight is 231 g/mol. The van der Waals surface area contributed by atoms with Gasteiger partial charge in [0.15, 0.2) is 0 Å². The van der Waals surface area contributed by atoms with Gasteiger partial charge in [0.2, 0.25) is 5.91 Å². The first kappa shape index (κ1) is 14.4. The van der Waals surface area contributed by atoms with Crippen LogP contribution in [0.5, 0.6) is 0 Å². The van der Waals surface area contributed by atoms with E-state index in [2.05, 4.69) is 5.32 Å². The van der Waals surface area contributed by atoms with Crippen molar-refractivity contribution in [2.75, 3.05) is 13.2 Å². The van der Waals surface area contributed by atoms with Crippen LogP contribution in [0.1, 0.15) is 27.2 Å².